The van der Waals surface area contributed by atoms with E-state index in [1.54, 1.807) is 6.92 Å². The maximum absolute atomic E-state index is 12.0. The van der Waals surface area contributed by atoms with Gasteiger partial charge in [-0.2, -0.15) is 0 Å². The molecule has 2 rings (SSSR count). The van der Waals surface area contributed by atoms with E-state index >= 15 is 0 Å². The SMILES string of the molecule is CCOC(=O)[C@](Cl)(Cc1ccc2ccccc2c1)C(C)=O. The van der Waals surface area contributed by atoms with Gasteiger partial charge in [-0.05, 0) is 30.2 Å². The van der Waals surface area contributed by atoms with E-state index in [2.05, 4.69) is 0 Å². The molecule has 0 aliphatic rings. The molecule has 0 aliphatic heterocycles. The van der Waals surface area contributed by atoms with Gasteiger partial charge in [0, 0.05) is 6.42 Å². The average molecular weight is 305 g/mol. The molecule has 0 heterocycles. The lowest BCUT2D eigenvalue weighted by atomic mass is 9.93. The van der Waals surface area contributed by atoms with Crippen LogP contribution in [0, 0.1) is 0 Å². The summed E-state index contributed by atoms with van der Waals surface area (Å²) in [6.45, 7) is 3.19. The van der Waals surface area contributed by atoms with Gasteiger partial charge >= 0.3 is 5.97 Å². The minimum absolute atomic E-state index is 0.119. The standard InChI is InChI=1S/C17H17ClO3/c1-3-21-16(20)17(18,12(2)19)11-13-8-9-14-6-4-5-7-15(14)10-13/h4-10H,3,11H2,1-2H3/t17-/m0/s1. The lowest BCUT2D eigenvalue weighted by molar-refractivity contribution is -0.149. The van der Waals surface area contributed by atoms with Gasteiger partial charge in [-0.25, -0.2) is 4.79 Å². The normalized spacial score (nSPS) is 13.7. The van der Waals surface area contributed by atoms with Crippen molar-refractivity contribution in [3.63, 3.8) is 0 Å². The molecule has 110 valence electrons. The predicted molar refractivity (Wildman–Crippen MR) is 83.6 cm³/mol. The topological polar surface area (TPSA) is 43.4 Å². The van der Waals surface area contributed by atoms with Crippen LogP contribution in [0.3, 0.4) is 0 Å². The molecule has 0 N–H and O–H groups in total. The van der Waals surface area contributed by atoms with Crippen molar-refractivity contribution in [2.75, 3.05) is 6.61 Å². The summed E-state index contributed by atoms with van der Waals surface area (Å²) < 4.78 is 4.94. The van der Waals surface area contributed by atoms with Crippen molar-refractivity contribution in [2.24, 2.45) is 0 Å². The number of esters is 1. The second kappa shape index (κ2) is 6.27. The van der Waals surface area contributed by atoms with E-state index in [0.29, 0.717) is 0 Å². The lowest BCUT2D eigenvalue weighted by Gasteiger charge is -2.22. The van der Waals surface area contributed by atoms with Crippen molar-refractivity contribution >= 4 is 34.1 Å². The highest BCUT2D eigenvalue weighted by atomic mass is 35.5. The zero-order valence-electron chi connectivity index (χ0n) is 12.1. The van der Waals surface area contributed by atoms with Gasteiger partial charge in [0.25, 0.3) is 0 Å². The van der Waals surface area contributed by atoms with Gasteiger partial charge in [0.15, 0.2) is 5.78 Å². The number of fused-ring (bicyclic) bond motifs is 1. The second-order valence-corrected chi connectivity index (χ2v) is 5.58. The molecule has 0 saturated heterocycles. The number of carbonyl (C=O) groups is 2. The van der Waals surface area contributed by atoms with Crippen molar-refractivity contribution in [1.82, 2.24) is 0 Å². The van der Waals surface area contributed by atoms with Gasteiger partial charge in [-0.15, -0.1) is 0 Å². The molecule has 0 amide bonds. The molecule has 0 radical (unpaired) electrons. The molecule has 21 heavy (non-hydrogen) atoms. The van der Waals surface area contributed by atoms with Crippen LogP contribution in [0.1, 0.15) is 19.4 Å². The van der Waals surface area contributed by atoms with E-state index in [0.717, 1.165) is 16.3 Å². The maximum Gasteiger partial charge on any atom is 0.335 e. The van der Waals surface area contributed by atoms with Crippen LogP contribution in [-0.2, 0) is 20.7 Å². The maximum atomic E-state index is 12.0. The first-order valence-electron chi connectivity index (χ1n) is 6.82. The fourth-order valence-electron chi connectivity index (χ4n) is 2.22. The van der Waals surface area contributed by atoms with Crippen LogP contribution in [0.5, 0.6) is 0 Å². The quantitative estimate of drug-likeness (QED) is 0.482. The van der Waals surface area contributed by atoms with E-state index in [1.807, 2.05) is 42.5 Å². The van der Waals surface area contributed by atoms with E-state index in [1.165, 1.54) is 6.92 Å². The van der Waals surface area contributed by atoms with Crippen LogP contribution in [0.4, 0.5) is 0 Å². The Hall–Kier alpha value is -1.87. The van der Waals surface area contributed by atoms with Crippen LogP contribution in [0.25, 0.3) is 10.8 Å². The first-order chi connectivity index (χ1) is 9.97. The highest BCUT2D eigenvalue weighted by Crippen LogP contribution is 2.26. The highest BCUT2D eigenvalue weighted by molar-refractivity contribution is 6.45. The van der Waals surface area contributed by atoms with Crippen molar-refractivity contribution in [3.05, 3.63) is 48.0 Å². The van der Waals surface area contributed by atoms with Crippen molar-refractivity contribution in [3.8, 4) is 0 Å². The summed E-state index contributed by atoms with van der Waals surface area (Å²) in [7, 11) is 0. The first kappa shape index (κ1) is 15.5. The molecule has 2 aromatic rings. The number of ether oxygens (including phenoxy) is 1. The Morgan fingerprint density at radius 1 is 1.14 bits per heavy atom. The highest BCUT2D eigenvalue weighted by Gasteiger charge is 2.43. The van der Waals surface area contributed by atoms with Crippen LogP contribution >= 0.6 is 11.6 Å². The summed E-state index contributed by atoms with van der Waals surface area (Å²) in [6.07, 6.45) is 0.119. The van der Waals surface area contributed by atoms with E-state index in [9.17, 15) is 9.59 Å². The van der Waals surface area contributed by atoms with Crippen LogP contribution in [0.15, 0.2) is 42.5 Å². The summed E-state index contributed by atoms with van der Waals surface area (Å²) in [4.78, 5) is 22.2. The van der Waals surface area contributed by atoms with Crippen LogP contribution in [-0.4, -0.2) is 23.2 Å². The summed E-state index contributed by atoms with van der Waals surface area (Å²) in [6, 6.07) is 13.7. The number of Topliss-reactive ketones (excluding diaryl/α,β-unsaturated/α-hetero) is 1. The Morgan fingerprint density at radius 3 is 2.43 bits per heavy atom. The molecule has 0 aromatic heterocycles. The van der Waals surface area contributed by atoms with Gasteiger partial charge in [0.1, 0.15) is 0 Å². The number of benzene rings is 2. The van der Waals surface area contributed by atoms with Crippen LogP contribution < -0.4 is 0 Å². The largest absolute Gasteiger partial charge is 0.464 e. The number of hydrogen-bond donors (Lipinski definition) is 0. The molecular formula is C17H17ClO3. The summed E-state index contributed by atoms with van der Waals surface area (Å²) in [5.74, 6) is -1.09. The molecule has 0 saturated carbocycles. The summed E-state index contributed by atoms with van der Waals surface area (Å²) >= 11 is 6.27. The Balaban J connectivity index is 2.34. The molecule has 2 aromatic carbocycles. The predicted octanol–water partition coefficient (Wildman–Crippen LogP) is 3.51. The molecular weight excluding hydrogens is 288 g/mol. The molecule has 4 heteroatoms. The van der Waals surface area contributed by atoms with E-state index in [-0.39, 0.29) is 13.0 Å². The smallest absolute Gasteiger partial charge is 0.335 e. The minimum atomic E-state index is -1.65. The average Bonchev–Trinajstić information content (AvgIpc) is 2.47. The molecule has 1 atom stereocenters. The van der Waals surface area contributed by atoms with Crippen molar-refractivity contribution in [2.45, 2.75) is 25.1 Å². The van der Waals surface area contributed by atoms with Crippen LogP contribution in [0.2, 0.25) is 0 Å². The summed E-state index contributed by atoms with van der Waals surface area (Å²) in [5.41, 5.74) is 0.826. The van der Waals surface area contributed by atoms with Gasteiger partial charge in [0.2, 0.25) is 4.87 Å². The Bertz CT molecular complexity index is 681. The number of alkyl halides is 1. The molecule has 0 bridgehead atoms. The van der Waals surface area contributed by atoms with E-state index < -0.39 is 16.6 Å². The monoisotopic (exact) mass is 304 g/mol. The van der Waals surface area contributed by atoms with Gasteiger partial charge in [-0.1, -0.05) is 54.1 Å². The Labute approximate surface area is 128 Å². The molecule has 0 fully saturated rings. The van der Waals surface area contributed by atoms with Gasteiger partial charge in [0.05, 0.1) is 6.61 Å². The third-order valence-corrected chi connectivity index (χ3v) is 3.97. The number of halogens is 1. The second-order valence-electron chi connectivity index (χ2n) is 4.94. The zero-order valence-corrected chi connectivity index (χ0v) is 12.8. The zero-order chi connectivity index (χ0) is 15.5. The molecule has 0 aliphatic carbocycles. The third kappa shape index (κ3) is 3.24. The molecule has 0 unspecified atom stereocenters. The molecule has 0 spiro atoms. The Morgan fingerprint density at radius 2 is 1.81 bits per heavy atom. The Kier molecular flexibility index (Phi) is 4.63. The number of carbonyl (C=O) groups excluding carboxylic acids is 2. The number of hydrogen-bond acceptors (Lipinski definition) is 3. The van der Waals surface area contributed by atoms with Gasteiger partial charge in [-0.3, -0.25) is 4.79 Å². The number of rotatable bonds is 5. The van der Waals surface area contributed by atoms with E-state index in [4.69, 9.17) is 16.3 Å². The summed E-state index contributed by atoms with van der Waals surface area (Å²) in [5, 5.41) is 2.14. The lowest BCUT2D eigenvalue weighted by Crippen LogP contribution is -2.43. The fraction of sp³-hybridized carbons (Fsp3) is 0.294. The number of ketones is 1. The van der Waals surface area contributed by atoms with Crippen molar-refractivity contribution in [1.29, 1.82) is 0 Å². The van der Waals surface area contributed by atoms with Gasteiger partial charge < -0.3 is 4.74 Å². The third-order valence-electron chi connectivity index (χ3n) is 3.42. The van der Waals surface area contributed by atoms with Crippen molar-refractivity contribution < 1.29 is 14.3 Å². The molecule has 3 nitrogen and oxygen atoms in total. The first-order valence-corrected chi connectivity index (χ1v) is 7.20. The fourth-order valence-corrected chi connectivity index (χ4v) is 2.42. The minimum Gasteiger partial charge on any atom is -0.464 e.